The predicted octanol–water partition coefficient (Wildman–Crippen LogP) is 3.18. The van der Waals surface area contributed by atoms with Crippen LogP contribution in [0.3, 0.4) is 0 Å². The van der Waals surface area contributed by atoms with Crippen molar-refractivity contribution in [2.75, 3.05) is 0 Å². The molecule has 0 aliphatic carbocycles. The topological polar surface area (TPSA) is 72.3 Å². The molecule has 0 radical (unpaired) electrons. The van der Waals surface area contributed by atoms with Gasteiger partial charge in [-0.3, -0.25) is 0 Å². The Kier molecular flexibility index (Phi) is 3.75. The molecule has 0 atom stereocenters. The molecule has 0 amide bonds. The standard InChI is InChI=1S/C12H8BrFN2O3/c1-6-4-10(11(17)18)16-12(15-6)19-7-2-3-9(14)8(13)5-7/h2-5H,1H3,(H,17,18). The summed E-state index contributed by atoms with van der Waals surface area (Å²) in [4.78, 5) is 18.6. The summed E-state index contributed by atoms with van der Waals surface area (Å²) in [6, 6.07) is 5.24. The van der Waals surface area contributed by atoms with Gasteiger partial charge in [0.2, 0.25) is 0 Å². The Morgan fingerprint density at radius 3 is 2.74 bits per heavy atom. The van der Waals surface area contributed by atoms with Crippen molar-refractivity contribution in [1.29, 1.82) is 0 Å². The number of nitrogens with zero attached hydrogens (tertiary/aromatic N) is 2. The van der Waals surface area contributed by atoms with E-state index in [1.54, 1.807) is 6.92 Å². The minimum absolute atomic E-state index is 0.101. The molecule has 1 heterocycles. The summed E-state index contributed by atoms with van der Waals surface area (Å²) in [5.41, 5.74) is 0.298. The minimum Gasteiger partial charge on any atom is -0.477 e. The Hall–Kier alpha value is -2.02. The fourth-order valence-corrected chi connectivity index (χ4v) is 1.70. The van der Waals surface area contributed by atoms with Crippen molar-refractivity contribution in [2.24, 2.45) is 0 Å². The van der Waals surface area contributed by atoms with Crippen LogP contribution >= 0.6 is 15.9 Å². The van der Waals surface area contributed by atoms with E-state index >= 15 is 0 Å². The van der Waals surface area contributed by atoms with Gasteiger partial charge in [-0.1, -0.05) is 0 Å². The van der Waals surface area contributed by atoms with Crippen molar-refractivity contribution in [2.45, 2.75) is 6.92 Å². The van der Waals surface area contributed by atoms with Gasteiger partial charge in [0.1, 0.15) is 11.6 Å². The van der Waals surface area contributed by atoms with Crippen molar-refractivity contribution in [3.8, 4) is 11.8 Å². The molecule has 98 valence electrons. The lowest BCUT2D eigenvalue weighted by molar-refractivity contribution is 0.0689. The number of rotatable bonds is 3. The van der Waals surface area contributed by atoms with Crippen LogP contribution in [0.15, 0.2) is 28.7 Å². The first-order valence-electron chi connectivity index (χ1n) is 5.17. The van der Waals surface area contributed by atoms with Crippen LogP contribution in [-0.4, -0.2) is 21.0 Å². The molecule has 7 heteroatoms. The quantitative estimate of drug-likeness (QED) is 0.937. The Morgan fingerprint density at radius 2 is 2.11 bits per heavy atom. The SMILES string of the molecule is Cc1cc(C(=O)O)nc(Oc2ccc(F)c(Br)c2)n1. The first kappa shape index (κ1) is 13.4. The van der Waals surface area contributed by atoms with E-state index in [9.17, 15) is 9.18 Å². The summed E-state index contributed by atoms with van der Waals surface area (Å²) in [6.45, 7) is 1.63. The molecule has 2 rings (SSSR count). The summed E-state index contributed by atoms with van der Waals surface area (Å²) >= 11 is 3.02. The van der Waals surface area contributed by atoms with E-state index in [0.29, 0.717) is 11.4 Å². The summed E-state index contributed by atoms with van der Waals surface area (Å²) < 4.78 is 18.6. The molecule has 0 aliphatic rings. The van der Waals surface area contributed by atoms with Crippen LogP contribution in [-0.2, 0) is 0 Å². The number of aromatic carboxylic acids is 1. The molecule has 0 fully saturated rings. The largest absolute Gasteiger partial charge is 0.477 e. The number of halogens is 2. The van der Waals surface area contributed by atoms with Crippen molar-refractivity contribution >= 4 is 21.9 Å². The third-order valence-electron chi connectivity index (χ3n) is 2.15. The average molecular weight is 327 g/mol. The Morgan fingerprint density at radius 1 is 1.37 bits per heavy atom. The highest BCUT2D eigenvalue weighted by Gasteiger charge is 2.11. The molecule has 0 saturated heterocycles. The third-order valence-corrected chi connectivity index (χ3v) is 2.76. The summed E-state index contributed by atoms with van der Waals surface area (Å²) in [7, 11) is 0. The number of benzene rings is 1. The maximum Gasteiger partial charge on any atom is 0.354 e. The molecular weight excluding hydrogens is 319 g/mol. The highest BCUT2D eigenvalue weighted by atomic mass is 79.9. The van der Waals surface area contributed by atoms with Gasteiger partial charge in [-0.2, -0.15) is 4.98 Å². The van der Waals surface area contributed by atoms with Crippen LogP contribution in [0.2, 0.25) is 0 Å². The zero-order chi connectivity index (χ0) is 14.0. The minimum atomic E-state index is -1.17. The van der Waals surface area contributed by atoms with E-state index in [1.165, 1.54) is 24.3 Å². The molecule has 0 aliphatic heterocycles. The fraction of sp³-hybridized carbons (Fsp3) is 0.0833. The molecule has 5 nitrogen and oxygen atoms in total. The molecule has 19 heavy (non-hydrogen) atoms. The number of hydrogen-bond donors (Lipinski definition) is 1. The molecule has 0 spiro atoms. The zero-order valence-corrected chi connectivity index (χ0v) is 11.3. The summed E-state index contributed by atoms with van der Waals surface area (Å²) in [5.74, 6) is -1.30. The number of aryl methyl sites for hydroxylation is 1. The van der Waals surface area contributed by atoms with Gasteiger partial charge >= 0.3 is 12.0 Å². The van der Waals surface area contributed by atoms with Gasteiger partial charge in [0, 0.05) is 5.69 Å². The predicted molar refractivity (Wildman–Crippen MR) is 67.9 cm³/mol. The van der Waals surface area contributed by atoms with Crippen molar-refractivity contribution in [1.82, 2.24) is 9.97 Å². The Balaban J connectivity index is 2.32. The number of hydrogen-bond acceptors (Lipinski definition) is 4. The van der Waals surface area contributed by atoms with Gasteiger partial charge in [0.15, 0.2) is 5.69 Å². The van der Waals surface area contributed by atoms with E-state index in [4.69, 9.17) is 9.84 Å². The Labute approximate surface area is 116 Å². The molecule has 1 aromatic heterocycles. The lowest BCUT2D eigenvalue weighted by atomic mass is 10.3. The number of carboxylic acid groups (broad SMARTS) is 1. The second kappa shape index (κ2) is 5.31. The molecule has 0 saturated carbocycles. The van der Waals surface area contributed by atoms with Crippen LogP contribution in [0.4, 0.5) is 4.39 Å². The molecular formula is C12H8BrFN2O3. The van der Waals surface area contributed by atoms with Crippen molar-refractivity contribution in [3.05, 3.63) is 45.9 Å². The maximum absolute atomic E-state index is 13.1. The molecule has 0 unspecified atom stereocenters. The first-order chi connectivity index (χ1) is 8.95. The van der Waals surface area contributed by atoms with Crippen molar-refractivity contribution < 1.29 is 19.0 Å². The van der Waals surface area contributed by atoms with E-state index in [-0.39, 0.29) is 16.2 Å². The molecule has 0 bridgehead atoms. The van der Waals surface area contributed by atoms with Crippen molar-refractivity contribution in [3.63, 3.8) is 0 Å². The maximum atomic E-state index is 13.1. The van der Waals surface area contributed by atoms with Gasteiger partial charge in [-0.05, 0) is 47.1 Å². The first-order valence-corrected chi connectivity index (χ1v) is 5.97. The van der Waals surface area contributed by atoms with Crippen LogP contribution < -0.4 is 4.74 Å². The van der Waals surface area contributed by atoms with E-state index in [0.717, 1.165) is 0 Å². The van der Waals surface area contributed by atoms with E-state index in [1.807, 2.05) is 0 Å². The van der Waals surface area contributed by atoms with Gasteiger partial charge in [-0.25, -0.2) is 14.2 Å². The van der Waals surface area contributed by atoms with Gasteiger partial charge in [0.05, 0.1) is 4.47 Å². The highest BCUT2D eigenvalue weighted by molar-refractivity contribution is 9.10. The number of aromatic nitrogens is 2. The normalized spacial score (nSPS) is 10.3. The second-order valence-electron chi connectivity index (χ2n) is 3.66. The molecule has 1 N–H and O–H groups in total. The summed E-state index contributed by atoms with van der Waals surface area (Å²) in [6.07, 6.45) is 0. The number of carbonyl (C=O) groups is 1. The molecule has 1 aromatic carbocycles. The van der Waals surface area contributed by atoms with Crippen LogP contribution in [0.1, 0.15) is 16.2 Å². The third kappa shape index (κ3) is 3.25. The van der Waals surface area contributed by atoms with Crippen LogP contribution in [0, 0.1) is 12.7 Å². The van der Waals surface area contributed by atoms with E-state index in [2.05, 4.69) is 25.9 Å². The smallest absolute Gasteiger partial charge is 0.354 e. The lowest BCUT2D eigenvalue weighted by Gasteiger charge is -2.06. The summed E-state index contributed by atoms with van der Waals surface area (Å²) in [5, 5.41) is 8.88. The molecule has 2 aromatic rings. The number of carboxylic acids is 1. The lowest BCUT2D eigenvalue weighted by Crippen LogP contribution is -2.04. The average Bonchev–Trinajstić information content (AvgIpc) is 2.33. The zero-order valence-electron chi connectivity index (χ0n) is 9.72. The van der Waals surface area contributed by atoms with Crippen LogP contribution in [0.5, 0.6) is 11.8 Å². The monoisotopic (exact) mass is 326 g/mol. The van der Waals surface area contributed by atoms with Gasteiger partial charge in [0.25, 0.3) is 0 Å². The van der Waals surface area contributed by atoms with Crippen LogP contribution in [0.25, 0.3) is 0 Å². The van der Waals surface area contributed by atoms with Gasteiger partial charge in [-0.15, -0.1) is 0 Å². The second-order valence-corrected chi connectivity index (χ2v) is 4.51. The Bertz CT molecular complexity index is 649. The number of ether oxygens (including phenoxy) is 1. The van der Waals surface area contributed by atoms with E-state index < -0.39 is 11.8 Å². The fourth-order valence-electron chi connectivity index (χ4n) is 1.34. The highest BCUT2D eigenvalue weighted by Crippen LogP contribution is 2.24. The van der Waals surface area contributed by atoms with Gasteiger partial charge < -0.3 is 9.84 Å².